The summed E-state index contributed by atoms with van der Waals surface area (Å²) in [5, 5.41) is 1.04. The van der Waals surface area contributed by atoms with Crippen molar-refractivity contribution in [3.8, 4) is 34.3 Å². The molecule has 0 N–H and O–H groups in total. The van der Waals surface area contributed by atoms with Gasteiger partial charge in [-0.1, -0.05) is 18.2 Å². The molecule has 4 aromatic rings. The first-order valence-corrected chi connectivity index (χ1v) is 8.44. The quantitative estimate of drug-likeness (QED) is 0.535. The minimum absolute atomic E-state index is 0.555. The van der Waals surface area contributed by atoms with Crippen LogP contribution in [0.15, 0.2) is 61.1 Å². The van der Waals surface area contributed by atoms with Crippen molar-refractivity contribution in [1.82, 2.24) is 14.5 Å². The summed E-state index contributed by atoms with van der Waals surface area (Å²) in [6.45, 7) is 0. The topological polar surface area (TPSA) is 58.4 Å². The van der Waals surface area contributed by atoms with Gasteiger partial charge in [-0.25, -0.2) is 4.98 Å². The largest absolute Gasteiger partial charge is 0.493 e. The zero-order valence-corrected chi connectivity index (χ0v) is 15.3. The molecule has 2 aromatic carbocycles. The number of aromatic nitrogens is 3. The molecule has 0 spiro atoms. The molecule has 0 radical (unpaired) electrons. The van der Waals surface area contributed by atoms with Crippen molar-refractivity contribution < 1.29 is 14.2 Å². The van der Waals surface area contributed by atoms with Gasteiger partial charge in [0, 0.05) is 41.7 Å². The fourth-order valence-electron chi connectivity index (χ4n) is 3.21. The number of benzene rings is 2. The van der Waals surface area contributed by atoms with Crippen molar-refractivity contribution in [3.05, 3.63) is 61.1 Å². The van der Waals surface area contributed by atoms with Crippen molar-refractivity contribution in [2.24, 2.45) is 0 Å². The van der Waals surface area contributed by atoms with Crippen LogP contribution in [0.1, 0.15) is 0 Å². The Morgan fingerprint density at radius 2 is 1.56 bits per heavy atom. The summed E-state index contributed by atoms with van der Waals surface area (Å²) < 4.78 is 18.4. The second-order valence-corrected chi connectivity index (χ2v) is 5.88. The van der Waals surface area contributed by atoms with Crippen LogP contribution in [0, 0.1) is 0 Å². The van der Waals surface area contributed by atoms with E-state index in [1.54, 1.807) is 33.7 Å². The molecule has 6 nitrogen and oxygen atoms in total. The van der Waals surface area contributed by atoms with E-state index >= 15 is 0 Å². The highest BCUT2D eigenvalue weighted by Crippen LogP contribution is 2.40. The molecular weight excluding hydrogens is 342 g/mol. The molecule has 0 saturated carbocycles. The molecule has 6 heteroatoms. The third-order valence-electron chi connectivity index (χ3n) is 4.46. The maximum absolute atomic E-state index is 5.48. The highest BCUT2D eigenvalue weighted by Gasteiger charge is 2.17. The molecule has 2 heterocycles. The van der Waals surface area contributed by atoms with E-state index in [0.717, 1.165) is 28.0 Å². The number of fused-ring (bicyclic) bond motifs is 1. The average Bonchev–Trinajstić information content (AvgIpc) is 3.21. The summed E-state index contributed by atoms with van der Waals surface area (Å²) in [6.07, 6.45) is 5.48. The van der Waals surface area contributed by atoms with Crippen molar-refractivity contribution in [3.63, 3.8) is 0 Å². The third kappa shape index (κ3) is 2.85. The maximum Gasteiger partial charge on any atom is 0.203 e. The van der Waals surface area contributed by atoms with E-state index in [1.807, 2.05) is 53.2 Å². The van der Waals surface area contributed by atoms with Gasteiger partial charge in [0.1, 0.15) is 5.82 Å². The highest BCUT2D eigenvalue weighted by atomic mass is 16.5. The molecule has 0 unspecified atom stereocenters. The first kappa shape index (κ1) is 16.9. The van der Waals surface area contributed by atoms with Gasteiger partial charge in [-0.3, -0.25) is 9.55 Å². The summed E-state index contributed by atoms with van der Waals surface area (Å²) >= 11 is 0. The number of para-hydroxylation sites is 1. The minimum atomic E-state index is 0.555. The van der Waals surface area contributed by atoms with E-state index in [4.69, 9.17) is 14.2 Å². The Bertz CT molecular complexity index is 1070. The molecule has 27 heavy (non-hydrogen) atoms. The van der Waals surface area contributed by atoms with Gasteiger partial charge in [0.25, 0.3) is 0 Å². The van der Waals surface area contributed by atoms with Crippen molar-refractivity contribution >= 4 is 10.9 Å². The van der Waals surface area contributed by atoms with Crippen molar-refractivity contribution in [1.29, 1.82) is 0 Å². The molecular formula is C21H19N3O3. The van der Waals surface area contributed by atoms with Crippen LogP contribution >= 0.6 is 0 Å². The van der Waals surface area contributed by atoms with E-state index < -0.39 is 0 Å². The Hall–Kier alpha value is -3.54. The van der Waals surface area contributed by atoms with Gasteiger partial charge in [0.2, 0.25) is 5.75 Å². The number of rotatable bonds is 5. The lowest BCUT2D eigenvalue weighted by Gasteiger charge is -2.16. The van der Waals surface area contributed by atoms with Gasteiger partial charge in [-0.05, 0) is 12.1 Å². The lowest BCUT2D eigenvalue weighted by molar-refractivity contribution is 0.324. The lowest BCUT2D eigenvalue weighted by atomic mass is 10.1. The average molecular weight is 361 g/mol. The van der Waals surface area contributed by atoms with Crippen LogP contribution in [0.5, 0.6) is 17.2 Å². The molecule has 0 aliphatic heterocycles. The highest BCUT2D eigenvalue weighted by molar-refractivity contribution is 5.92. The molecule has 4 rings (SSSR count). The molecule has 0 fully saturated rings. The van der Waals surface area contributed by atoms with Crippen LogP contribution < -0.4 is 14.2 Å². The zero-order valence-electron chi connectivity index (χ0n) is 15.3. The monoisotopic (exact) mass is 361 g/mol. The number of hydrogen-bond donors (Lipinski definition) is 0. The SMILES string of the molecule is COc1cc(-n2ccnc2-c2ccnc3ccccc23)cc(OC)c1OC. The summed E-state index contributed by atoms with van der Waals surface area (Å²) in [7, 11) is 4.80. The van der Waals surface area contributed by atoms with E-state index in [2.05, 4.69) is 9.97 Å². The van der Waals surface area contributed by atoms with Crippen LogP contribution in [0.3, 0.4) is 0 Å². The van der Waals surface area contributed by atoms with E-state index in [0.29, 0.717) is 17.2 Å². The Morgan fingerprint density at radius 1 is 0.815 bits per heavy atom. The van der Waals surface area contributed by atoms with Gasteiger partial charge in [-0.2, -0.15) is 0 Å². The van der Waals surface area contributed by atoms with E-state index in [-0.39, 0.29) is 0 Å². The van der Waals surface area contributed by atoms with Gasteiger partial charge < -0.3 is 14.2 Å². The van der Waals surface area contributed by atoms with Crippen LogP contribution in [-0.4, -0.2) is 35.9 Å². The molecule has 0 amide bonds. The summed E-state index contributed by atoms with van der Waals surface area (Å²) in [6, 6.07) is 13.8. The molecule has 0 bridgehead atoms. The number of imidazole rings is 1. The summed E-state index contributed by atoms with van der Waals surface area (Å²) in [5.41, 5.74) is 2.78. The van der Waals surface area contributed by atoms with Crippen molar-refractivity contribution in [2.75, 3.05) is 21.3 Å². The molecule has 0 aliphatic carbocycles. The Morgan fingerprint density at radius 3 is 2.26 bits per heavy atom. The van der Waals surface area contributed by atoms with Crippen LogP contribution in [0.2, 0.25) is 0 Å². The van der Waals surface area contributed by atoms with Gasteiger partial charge in [0.15, 0.2) is 11.5 Å². The van der Waals surface area contributed by atoms with Gasteiger partial charge in [0.05, 0.1) is 32.5 Å². The number of hydrogen-bond acceptors (Lipinski definition) is 5. The number of nitrogens with zero attached hydrogens (tertiary/aromatic N) is 3. The molecule has 136 valence electrons. The molecule has 0 saturated heterocycles. The zero-order chi connectivity index (χ0) is 18.8. The maximum atomic E-state index is 5.48. The molecule has 2 aromatic heterocycles. The standard InChI is InChI=1S/C21H19N3O3/c1-25-18-12-14(13-19(26-2)20(18)27-3)24-11-10-23-21(24)16-8-9-22-17-7-5-4-6-15(16)17/h4-13H,1-3H3. The first-order chi connectivity index (χ1) is 13.3. The second kappa shape index (κ2) is 6.99. The van der Waals surface area contributed by atoms with Gasteiger partial charge in [-0.15, -0.1) is 0 Å². The predicted molar refractivity (Wildman–Crippen MR) is 104 cm³/mol. The second-order valence-electron chi connectivity index (χ2n) is 5.88. The van der Waals surface area contributed by atoms with E-state index in [1.165, 1.54) is 0 Å². The van der Waals surface area contributed by atoms with E-state index in [9.17, 15) is 0 Å². The van der Waals surface area contributed by atoms with Crippen molar-refractivity contribution in [2.45, 2.75) is 0 Å². The van der Waals surface area contributed by atoms with Gasteiger partial charge >= 0.3 is 0 Å². The molecule has 0 atom stereocenters. The fraction of sp³-hybridized carbons (Fsp3) is 0.143. The number of ether oxygens (including phenoxy) is 3. The molecule has 0 aliphatic rings. The minimum Gasteiger partial charge on any atom is -0.493 e. The normalized spacial score (nSPS) is 10.8. The third-order valence-corrected chi connectivity index (χ3v) is 4.46. The lowest BCUT2D eigenvalue weighted by Crippen LogP contribution is -2.01. The Balaban J connectivity index is 1.93. The number of methoxy groups -OCH3 is 3. The Kier molecular flexibility index (Phi) is 4.38. The number of pyridine rings is 1. The van der Waals surface area contributed by atoms with Crippen LogP contribution in [0.4, 0.5) is 0 Å². The Labute approximate surface area is 157 Å². The summed E-state index contributed by atoms with van der Waals surface area (Å²) in [5.74, 6) is 2.54. The first-order valence-electron chi connectivity index (χ1n) is 8.44. The smallest absolute Gasteiger partial charge is 0.203 e. The fourth-order valence-corrected chi connectivity index (χ4v) is 3.21. The predicted octanol–water partition coefficient (Wildman–Crippen LogP) is 4.11. The van der Waals surface area contributed by atoms with Crippen LogP contribution in [-0.2, 0) is 0 Å². The summed E-state index contributed by atoms with van der Waals surface area (Å²) in [4.78, 5) is 9.03. The van der Waals surface area contributed by atoms with Crippen LogP contribution in [0.25, 0.3) is 28.0 Å².